The minimum absolute atomic E-state index is 0.281. The topological polar surface area (TPSA) is 12.0 Å². The Kier molecular flexibility index (Phi) is 3.57. The van der Waals surface area contributed by atoms with E-state index < -0.39 is 0 Å². The molecule has 5 aromatic rings. The Morgan fingerprint density at radius 2 is 1.39 bits per heavy atom. The van der Waals surface area contributed by atoms with Crippen molar-refractivity contribution in [2.45, 2.75) is 24.8 Å². The fourth-order valence-electron chi connectivity index (χ4n) is 6.11. The first-order chi connectivity index (χ1) is 15.4. The maximum absolute atomic E-state index is 3.92. The van der Waals surface area contributed by atoms with Crippen LogP contribution in [-0.2, 0) is 6.42 Å². The second-order valence-corrected chi connectivity index (χ2v) is 8.89. The molecule has 0 fully saturated rings. The van der Waals surface area contributed by atoms with Gasteiger partial charge in [0.25, 0.3) is 0 Å². The summed E-state index contributed by atoms with van der Waals surface area (Å²) in [4.78, 5) is 0. The molecule has 0 spiro atoms. The standard InChI is InChI=1S/C30H23N/c1-2-10-20(11-3-1)31-30-25-15-7-6-14-24(25)28-23-13-5-4-12-21(23)22-16-8-9-19-17-18-26(30)29(28)27(19)22/h1-16,26,30-31H,17-18H2. The van der Waals surface area contributed by atoms with Crippen LogP contribution in [0.1, 0.15) is 35.1 Å². The molecule has 0 saturated heterocycles. The lowest BCUT2D eigenvalue weighted by molar-refractivity contribution is 0.535. The summed E-state index contributed by atoms with van der Waals surface area (Å²) in [7, 11) is 0. The van der Waals surface area contributed by atoms with E-state index in [1.54, 1.807) is 5.56 Å². The minimum atomic E-state index is 0.281. The van der Waals surface area contributed by atoms with Crippen molar-refractivity contribution in [1.82, 2.24) is 0 Å². The van der Waals surface area contributed by atoms with Crippen LogP contribution in [0, 0.1) is 0 Å². The molecule has 0 bridgehead atoms. The zero-order chi connectivity index (χ0) is 20.4. The van der Waals surface area contributed by atoms with Gasteiger partial charge in [-0.1, -0.05) is 84.9 Å². The van der Waals surface area contributed by atoms with Gasteiger partial charge >= 0.3 is 0 Å². The quantitative estimate of drug-likeness (QED) is 0.299. The van der Waals surface area contributed by atoms with E-state index in [4.69, 9.17) is 0 Å². The molecule has 0 amide bonds. The molecule has 2 unspecified atom stereocenters. The summed E-state index contributed by atoms with van der Waals surface area (Å²) in [5.41, 5.74) is 8.53. The third kappa shape index (κ3) is 2.38. The van der Waals surface area contributed by atoms with Crippen molar-refractivity contribution in [3.05, 3.63) is 114 Å². The Morgan fingerprint density at radius 3 is 2.29 bits per heavy atom. The molecule has 0 heterocycles. The molecule has 148 valence electrons. The van der Waals surface area contributed by atoms with E-state index in [0.29, 0.717) is 5.92 Å². The predicted octanol–water partition coefficient (Wildman–Crippen LogP) is 7.86. The van der Waals surface area contributed by atoms with Gasteiger partial charge in [0.15, 0.2) is 0 Å². The SMILES string of the molecule is c1ccc(NC2c3ccccc3-c3c4c5c(cccc5c5ccccc35)CCC42)cc1. The monoisotopic (exact) mass is 397 g/mol. The van der Waals surface area contributed by atoms with Crippen molar-refractivity contribution in [3.63, 3.8) is 0 Å². The van der Waals surface area contributed by atoms with E-state index >= 15 is 0 Å². The average Bonchev–Trinajstić information content (AvgIpc) is 2.84. The molecule has 2 aliphatic carbocycles. The lowest BCUT2D eigenvalue weighted by Gasteiger charge is -2.41. The predicted molar refractivity (Wildman–Crippen MR) is 131 cm³/mol. The first-order valence-corrected chi connectivity index (χ1v) is 11.3. The van der Waals surface area contributed by atoms with Crippen LogP contribution in [0.5, 0.6) is 0 Å². The summed E-state index contributed by atoms with van der Waals surface area (Å²) in [6.07, 6.45) is 2.32. The lowest BCUT2D eigenvalue weighted by Crippen LogP contribution is -2.27. The molecule has 2 aliphatic rings. The molecule has 31 heavy (non-hydrogen) atoms. The fourth-order valence-corrected chi connectivity index (χ4v) is 6.11. The Labute approximate surface area is 182 Å². The van der Waals surface area contributed by atoms with Crippen LogP contribution in [0.2, 0.25) is 0 Å². The molecule has 0 aliphatic heterocycles. The minimum Gasteiger partial charge on any atom is -0.378 e. The number of nitrogens with one attached hydrogen (secondary N) is 1. The largest absolute Gasteiger partial charge is 0.378 e. The first kappa shape index (κ1) is 17.1. The highest BCUT2D eigenvalue weighted by atomic mass is 14.9. The summed E-state index contributed by atoms with van der Waals surface area (Å²) in [6, 6.07) is 35.9. The Balaban J connectivity index is 1.60. The van der Waals surface area contributed by atoms with Gasteiger partial charge in [-0.15, -0.1) is 0 Å². The number of hydrogen-bond acceptors (Lipinski definition) is 1. The summed E-state index contributed by atoms with van der Waals surface area (Å²) in [5.74, 6) is 0.465. The zero-order valence-corrected chi connectivity index (χ0v) is 17.3. The molecular weight excluding hydrogens is 374 g/mol. The first-order valence-electron chi connectivity index (χ1n) is 11.3. The third-order valence-electron chi connectivity index (χ3n) is 7.33. The summed E-state index contributed by atoms with van der Waals surface area (Å²) in [6.45, 7) is 0. The Hall–Kier alpha value is -3.58. The molecule has 1 heteroatoms. The highest BCUT2D eigenvalue weighted by molar-refractivity contribution is 6.18. The van der Waals surface area contributed by atoms with Gasteiger partial charge in [-0.25, -0.2) is 0 Å². The second-order valence-electron chi connectivity index (χ2n) is 8.89. The number of hydrogen-bond donors (Lipinski definition) is 1. The van der Waals surface area contributed by atoms with Gasteiger partial charge in [0, 0.05) is 11.6 Å². The van der Waals surface area contributed by atoms with Crippen LogP contribution in [0.15, 0.2) is 97.1 Å². The van der Waals surface area contributed by atoms with Gasteiger partial charge < -0.3 is 5.32 Å². The average molecular weight is 398 g/mol. The molecule has 7 rings (SSSR count). The highest BCUT2D eigenvalue weighted by Gasteiger charge is 2.38. The lowest BCUT2D eigenvalue weighted by atomic mass is 9.67. The molecule has 0 saturated carbocycles. The van der Waals surface area contributed by atoms with Crippen LogP contribution >= 0.6 is 0 Å². The summed E-state index contributed by atoms with van der Waals surface area (Å²) >= 11 is 0. The zero-order valence-electron chi connectivity index (χ0n) is 17.3. The van der Waals surface area contributed by atoms with Gasteiger partial charge in [-0.2, -0.15) is 0 Å². The number of fused-ring (bicyclic) bond motifs is 5. The van der Waals surface area contributed by atoms with Crippen molar-refractivity contribution >= 4 is 27.2 Å². The maximum atomic E-state index is 3.92. The van der Waals surface area contributed by atoms with Crippen molar-refractivity contribution in [2.24, 2.45) is 0 Å². The number of rotatable bonds is 2. The van der Waals surface area contributed by atoms with Gasteiger partial charge in [-0.3, -0.25) is 0 Å². The van der Waals surface area contributed by atoms with Crippen molar-refractivity contribution in [3.8, 4) is 11.1 Å². The normalized spacial score (nSPS) is 18.7. The molecular formula is C30H23N. The van der Waals surface area contributed by atoms with Gasteiger partial charge in [0.05, 0.1) is 6.04 Å². The molecule has 0 radical (unpaired) electrons. The fraction of sp³-hybridized carbons (Fsp3) is 0.133. The number of anilines is 1. The van der Waals surface area contributed by atoms with E-state index in [2.05, 4.69) is 102 Å². The molecule has 0 aromatic heterocycles. The number of para-hydroxylation sites is 1. The van der Waals surface area contributed by atoms with Crippen LogP contribution in [0.25, 0.3) is 32.7 Å². The number of aryl methyl sites for hydroxylation is 1. The van der Waals surface area contributed by atoms with E-state index in [0.717, 1.165) is 6.42 Å². The van der Waals surface area contributed by atoms with Crippen molar-refractivity contribution in [1.29, 1.82) is 0 Å². The van der Waals surface area contributed by atoms with E-state index in [-0.39, 0.29) is 6.04 Å². The molecule has 1 N–H and O–H groups in total. The second kappa shape index (κ2) is 6.46. The van der Waals surface area contributed by atoms with Gasteiger partial charge in [0.1, 0.15) is 0 Å². The Bertz CT molecular complexity index is 1460. The highest BCUT2D eigenvalue weighted by Crippen LogP contribution is 2.56. The molecule has 5 aromatic carbocycles. The van der Waals surface area contributed by atoms with Crippen LogP contribution in [0.4, 0.5) is 5.69 Å². The van der Waals surface area contributed by atoms with Crippen molar-refractivity contribution in [2.75, 3.05) is 5.32 Å². The van der Waals surface area contributed by atoms with Crippen LogP contribution < -0.4 is 5.32 Å². The van der Waals surface area contributed by atoms with Crippen LogP contribution in [-0.4, -0.2) is 0 Å². The van der Waals surface area contributed by atoms with Crippen LogP contribution in [0.3, 0.4) is 0 Å². The number of benzene rings is 5. The maximum Gasteiger partial charge on any atom is 0.0589 e. The summed E-state index contributed by atoms with van der Waals surface area (Å²) in [5, 5.41) is 9.60. The van der Waals surface area contributed by atoms with E-state index in [1.807, 2.05) is 0 Å². The smallest absolute Gasteiger partial charge is 0.0589 e. The van der Waals surface area contributed by atoms with Gasteiger partial charge in [-0.05, 0) is 74.3 Å². The van der Waals surface area contributed by atoms with E-state index in [9.17, 15) is 0 Å². The van der Waals surface area contributed by atoms with E-state index in [1.165, 1.54) is 55.9 Å². The third-order valence-corrected chi connectivity index (χ3v) is 7.33. The molecule has 2 atom stereocenters. The Morgan fingerprint density at radius 1 is 0.645 bits per heavy atom. The van der Waals surface area contributed by atoms with Crippen molar-refractivity contribution < 1.29 is 0 Å². The van der Waals surface area contributed by atoms with Gasteiger partial charge in [0.2, 0.25) is 0 Å². The molecule has 1 nitrogen and oxygen atoms in total. The summed E-state index contributed by atoms with van der Waals surface area (Å²) < 4.78 is 0.